The number of benzene rings is 1. The van der Waals surface area contributed by atoms with E-state index in [9.17, 15) is 9.90 Å². The highest BCUT2D eigenvalue weighted by atomic mass is 16.3. The lowest BCUT2D eigenvalue weighted by Gasteiger charge is -2.28. The molecule has 0 bridgehead atoms. The van der Waals surface area contributed by atoms with Crippen LogP contribution in [-0.2, 0) is 6.54 Å². The molecule has 1 aromatic carbocycles. The molecule has 1 heterocycles. The quantitative estimate of drug-likeness (QED) is 0.917. The van der Waals surface area contributed by atoms with Gasteiger partial charge in [-0.2, -0.15) is 0 Å². The molecule has 2 aromatic rings. The molecule has 21 heavy (non-hydrogen) atoms. The molecule has 0 fully saturated rings. The predicted octanol–water partition coefficient (Wildman–Crippen LogP) is 3.23. The van der Waals surface area contributed by atoms with Gasteiger partial charge in [-0.1, -0.05) is 37.3 Å². The molecule has 0 saturated carbocycles. The van der Waals surface area contributed by atoms with Crippen molar-refractivity contribution in [2.45, 2.75) is 32.9 Å². The van der Waals surface area contributed by atoms with Crippen LogP contribution in [0, 0.1) is 0 Å². The van der Waals surface area contributed by atoms with Crippen LogP contribution in [0.4, 0.5) is 0 Å². The van der Waals surface area contributed by atoms with Gasteiger partial charge in [0.1, 0.15) is 5.75 Å². The molecule has 0 spiro atoms. The summed E-state index contributed by atoms with van der Waals surface area (Å²) in [5.74, 6) is -0.110. The lowest BCUT2D eigenvalue weighted by Crippen LogP contribution is -2.37. The van der Waals surface area contributed by atoms with Gasteiger partial charge >= 0.3 is 0 Å². The van der Waals surface area contributed by atoms with E-state index in [0.29, 0.717) is 12.1 Å². The van der Waals surface area contributed by atoms with Crippen LogP contribution in [0.2, 0.25) is 0 Å². The highest BCUT2D eigenvalue weighted by Gasteiger charge is 2.21. The molecule has 4 nitrogen and oxygen atoms in total. The first kappa shape index (κ1) is 15.0. The van der Waals surface area contributed by atoms with E-state index in [1.807, 2.05) is 42.2 Å². The van der Waals surface area contributed by atoms with Gasteiger partial charge in [0.2, 0.25) is 0 Å². The second-order valence-corrected chi connectivity index (χ2v) is 5.11. The maximum Gasteiger partial charge on any atom is 0.256 e. The largest absolute Gasteiger partial charge is 0.506 e. The van der Waals surface area contributed by atoms with Crippen molar-refractivity contribution in [1.82, 2.24) is 9.88 Å². The molecule has 4 heteroatoms. The molecule has 110 valence electrons. The van der Waals surface area contributed by atoms with E-state index in [1.165, 1.54) is 18.5 Å². The first-order chi connectivity index (χ1) is 10.1. The van der Waals surface area contributed by atoms with Crippen molar-refractivity contribution in [3.05, 3.63) is 59.9 Å². The van der Waals surface area contributed by atoms with Crippen molar-refractivity contribution >= 4 is 5.91 Å². The maximum atomic E-state index is 12.7. The number of aromatic hydroxyl groups is 1. The minimum atomic E-state index is -0.114. The van der Waals surface area contributed by atoms with Gasteiger partial charge in [0.05, 0.1) is 11.8 Å². The SMILES string of the molecule is CCC(C)N(Cc1ccccc1)C(=O)c1cncc(O)c1. The van der Waals surface area contributed by atoms with E-state index in [0.717, 1.165) is 12.0 Å². The van der Waals surface area contributed by atoms with Gasteiger partial charge in [-0.15, -0.1) is 0 Å². The van der Waals surface area contributed by atoms with E-state index in [4.69, 9.17) is 0 Å². The molecule has 0 aliphatic carbocycles. The summed E-state index contributed by atoms with van der Waals surface area (Å²) < 4.78 is 0. The summed E-state index contributed by atoms with van der Waals surface area (Å²) in [5.41, 5.74) is 1.49. The molecule has 1 aromatic heterocycles. The van der Waals surface area contributed by atoms with Crippen LogP contribution in [0.1, 0.15) is 36.2 Å². The number of rotatable bonds is 5. The molecular weight excluding hydrogens is 264 g/mol. The zero-order valence-electron chi connectivity index (χ0n) is 12.4. The molecule has 0 radical (unpaired) electrons. The normalized spacial score (nSPS) is 11.9. The number of nitrogens with zero attached hydrogens (tertiary/aromatic N) is 2. The number of hydrogen-bond donors (Lipinski definition) is 1. The van der Waals surface area contributed by atoms with Crippen molar-refractivity contribution in [2.24, 2.45) is 0 Å². The van der Waals surface area contributed by atoms with Crippen LogP contribution in [-0.4, -0.2) is 26.9 Å². The van der Waals surface area contributed by atoms with Crippen molar-refractivity contribution in [1.29, 1.82) is 0 Å². The fraction of sp³-hybridized carbons (Fsp3) is 0.294. The van der Waals surface area contributed by atoms with E-state index >= 15 is 0 Å². The fourth-order valence-corrected chi connectivity index (χ4v) is 2.14. The average molecular weight is 284 g/mol. The van der Waals surface area contributed by atoms with Crippen LogP contribution in [0.3, 0.4) is 0 Å². The third-order valence-corrected chi connectivity index (χ3v) is 3.55. The molecule has 1 amide bonds. The highest BCUT2D eigenvalue weighted by molar-refractivity contribution is 5.94. The molecule has 0 saturated heterocycles. The van der Waals surface area contributed by atoms with Gasteiger partial charge < -0.3 is 10.0 Å². The highest BCUT2D eigenvalue weighted by Crippen LogP contribution is 2.17. The van der Waals surface area contributed by atoms with Gasteiger partial charge in [0, 0.05) is 18.8 Å². The Morgan fingerprint density at radius 1 is 1.29 bits per heavy atom. The van der Waals surface area contributed by atoms with E-state index in [1.54, 1.807) is 0 Å². The Hall–Kier alpha value is -2.36. The molecule has 2 rings (SSSR count). The van der Waals surface area contributed by atoms with Crippen molar-refractivity contribution < 1.29 is 9.90 Å². The zero-order chi connectivity index (χ0) is 15.2. The minimum Gasteiger partial charge on any atom is -0.506 e. The Bertz CT molecular complexity index is 599. The van der Waals surface area contributed by atoms with Crippen LogP contribution in [0.15, 0.2) is 48.8 Å². The lowest BCUT2D eigenvalue weighted by molar-refractivity contribution is 0.0670. The summed E-state index contributed by atoms with van der Waals surface area (Å²) in [5, 5.41) is 9.50. The smallest absolute Gasteiger partial charge is 0.256 e. The lowest BCUT2D eigenvalue weighted by atomic mass is 10.1. The number of pyridine rings is 1. The number of hydrogen-bond acceptors (Lipinski definition) is 3. The third kappa shape index (κ3) is 3.81. The molecular formula is C17H20N2O2. The second-order valence-electron chi connectivity index (χ2n) is 5.11. The van der Waals surface area contributed by atoms with Gasteiger partial charge in [0.25, 0.3) is 5.91 Å². The monoisotopic (exact) mass is 284 g/mol. The Kier molecular flexibility index (Phi) is 4.93. The summed E-state index contributed by atoms with van der Waals surface area (Å²) in [4.78, 5) is 18.4. The number of amides is 1. The molecule has 1 N–H and O–H groups in total. The maximum absolute atomic E-state index is 12.7. The third-order valence-electron chi connectivity index (χ3n) is 3.55. The minimum absolute atomic E-state index is 0.00432. The first-order valence-corrected chi connectivity index (χ1v) is 7.10. The van der Waals surface area contributed by atoms with Crippen molar-refractivity contribution in [2.75, 3.05) is 0 Å². The molecule has 0 aliphatic heterocycles. The van der Waals surface area contributed by atoms with Gasteiger partial charge in [-0.25, -0.2) is 0 Å². The van der Waals surface area contributed by atoms with Crippen LogP contribution >= 0.6 is 0 Å². The van der Waals surface area contributed by atoms with E-state index < -0.39 is 0 Å². The fourth-order valence-electron chi connectivity index (χ4n) is 2.14. The summed E-state index contributed by atoms with van der Waals surface area (Å²) in [6.07, 6.45) is 3.68. The first-order valence-electron chi connectivity index (χ1n) is 7.10. The number of carbonyl (C=O) groups excluding carboxylic acids is 1. The van der Waals surface area contributed by atoms with Crippen LogP contribution in [0.25, 0.3) is 0 Å². The van der Waals surface area contributed by atoms with Crippen molar-refractivity contribution in [3.8, 4) is 5.75 Å². The topological polar surface area (TPSA) is 53.4 Å². The average Bonchev–Trinajstić information content (AvgIpc) is 2.52. The molecule has 1 unspecified atom stereocenters. The van der Waals surface area contributed by atoms with Crippen LogP contribution < -0.4 is 0 Å². The van der Waals surface area contributed by atoms with Crippen LogP contribution in [0.5, 0.6) is 5.75 Å². The Morgan fingerprint density at radius 3 is 2.62 bits per heavy atom. The van der Waals surface area contributed by atoms with Gasteiger partial charge in [-0.3, -0.25) is 9.78 Å². The van der Waals surface area contributed by atoms with Gasteiger partial charge in [-0.05, 0) is 25.0 Å². The predicted molar refractivity (Wildman–Crippen MR) is 82.0 cm³/mol. The molecule has 1 atom stereocenters. The van der Waals surface area contributed by atoms with E-state index in [2.05, 4.69) is 11.9 Å². The Balaban J connectivity index is 2.25. The molecule has 0 aliphatic rings. The standard InChI is InChI=1S/C17H20N2O2/c1-3-13(2)19(12-14-7-5-4-6-8-14)17(21)15-9-16(20)11-18-10-15/h4-11,13,20H,3,12H2,1-2H3. The van der Waals surface area contributed by atoms with Gasteiger partial charge in [0.15, 0.2) is 0 Å². The summed E-state index contributed by atoms with van der Waals surface area (Å²) >= 11 is 0. The zero-order valence-corrected chi connectivity index (χ0v) is 12.4. The number of aromatic nitrogens is 1. The Labute approximate surface area is 125 Å². The second kappa shape index (κ2) is 6.88. The van der Waals surface area contributed by atoms with Crippen molar-refractivity contribution in [3.63, 3.8) is 0 Å². The Morgan fingerprint density at radius 2 is 2.00 bits per heavy atom. The summed E-state index contributed by atoms with van der Waals surface area (Å²) in [7, 11) is 0. The summed E-state index contributed by atoms with van der Waals surface area (Å²) in [6.45, 7) is 4.62. The summed E-state index contributed by atoms with van der Waals surface area (Å²) in [6, 6.07) is 11.5. The van der Waals surface area contributed by atoms with E-state index in [-0.39, 0.29) is 17.7 Å². The number of carbonyl (C=O) groups is 1.